The van der Waals surface area contributed by atoms with E-state index >= 15 is 0 Å². The molecule has 1 aromatic rings. The molecule has 0 unspecified atom stereocenters. The molecule has 1 saturated carbocycles. The number of rotatable bonds is 6. The van der Waals surface area contributed by atoms with Crippen LogP contribution in [0.15, 0.2) is 24.3 Å². The van der Waals surface area contributed by atoms with E-state index in [1.807, 2.05) is 7.05 Å². The van der Waals surface area contributed by atoms with Crippen LogP contribution in [0.5, 0.6) is 0 Å². The summed E-state index contributed by atoms with van der Waals surface area (Å²) in [5.41, 5.74) is 1.94. The molecule has 0 aliphatic heterocycles. The van der Waals surface area contributed by atoms with Crippen LogP contribution in [-0.4, -0.2) is 24.7 Å². The summed E-state index contributed by atoms with van der Waals surface area (Å²) in [7, 11) is 1.97. The van der Waals surface area contributed by atoms with E-state index in [1.54, 1.807) is 0 Å². The number of carboxylic acid groups (broad SMARTS) is 1. The molecule has 3 heteroatoms. The number of benzene rings is 1. The van der Waals surface area contributed by atoms with E-state index in [4.69, 9.17) is 0 Å². The van der Waals surface area contributed by atoms with Gasteiger partial charge in [0, 0.05) is 19.3 Å². The van der Waals surface area contributed by atoms with Crippen LogP contribution in [0.4, 0.5) is 5.69 Å². The van der Waals surface area contributed by atoms with Crippen LogP contribution in [0.2, 0.25) is 0 Å². The quantitative estimate of drug-likeness (QED) is 0.855. The normalized spacial score (nSPS) is 16.4. The molecule has 0 spiro atoms. The van der Waals surface area contributed by atoms with Gasteiger partial charge in [0.05, 0.1) is 5.41 Å². The number of hydrogen-bond acceptors (Lipinski definition) is 2. The van der Waals surface area contributed by atoms with Crippen molar-refractivity contribution in [2.45, 2.75) is 33.1 Å². The lowest BCUT2D eigenvalue weighted by Gasteiger charge is -2.23. The van der Waals surface area contributed by atoms with E-state index in [-0.39, 0.29) is 0 Å². The van der Waals surface area contributed by atoms with Gasteiger partial charge in [-0.1, -0.05) is 26.0 Å². The van der Waals surface area contributed by atoms with Crippen molar-refractivity contribution < 1.29 is 9.90 Å². The van der Waals surface area contributed by atoms with Crippen molar-refractivity contribution >= 4 is 11.7 Å². The van der Waals surface area contributed by atoms with Gasteiger partial charge in [-0.3, -0.25) is 4.79 Å². The van der Waals surface area contributed by atoms with E-state index in [0.29, 0.717) is 12.5 Å². The lowest BCUT2D eigenvalue weighted by atomic mass is 10.0. The Morgan fingerprint density at radius 2 is 1.89 bits per heavy atom. The fraction of sp³-hybridized carbons (Fsp3) is 0.562. The summed E-state index contributed by atoms with van der Waals surface area (Å²) >= 11 is 0. The third kappa shape index (κ3) is 3.28. The van der Waals surface area contributed by atoms with Gasteiger partial charge in [-0.05, 0) is 42.9 Å². The van der Waals surface area contributed by atoms with E-state index in [9.17, 15) is 9.90 Å². The summed E-state index contributed by atoms with van der Waals surface area (Å²) in [4.78, 5) is 13.3. The van der Waals surface area contributed by atoms with Crippen molar-refractivity contribution in [2.24, 2.45) is 11.3 Å². The first-order valence-corrected chi connectivity index (χ1v) is 6.96. The Labute approximate surface area is 115 Å². The highest BCUT2D eigenvalue weighted by Gasteiger charge is 2.50. The molecule has 0 bridgehead atoms. The van der Waals surface area contributed by atoms with Crippen LogP contribution in [0.25, 0.3) is 0 Å². The number of carbonyl (C=O) groups is 1. The van der Waals surface area contributed by atoms with Crippen LogP contribution in [0, 0.1) is 11.3 Å². The van der Waals surface area contributed by atoms with Gasteiger partial charge < -0.3 is 10.0 Å². The molecule has 1 aliphatic rings. The lowest BCUT2D eigenvalue weighted by Crippen LogP contribution is -2.31. The van der Waals surface area contributed by atoms with Crippen LogP contribution >= 0.6 is 0 Å². The fourth-order valence-corrected chi connectivity index (χ4v) is 2.49. The van der Waals surface area contributed by atoms with Crippen LogP contribution in [0.1, 0.15) is 32.3 Å². The Balaban J connectivity index is 2.00. The SMILES string of the molecule is CC(C)Cc1ccc(N(C)CC2(C(=O)O)CC2)cc1. The molecule has 2 rings (SSSR count). The number of anilines is 1. The van der Waals surface area contributed by atoms with Gasteiger partial charge in [0.15, 0.2) is 0 Å². The van der Waals surface area contributed by atoms with Gasteiger partial charge in [0.2, 0.25) is 0 Å². The third-order valence-electron chi connectivity index (χ3n) is 3.87. The summed E-state index contributed by atoms with van der Waals surface area (Å²) < 4.78 is 0. The maximum Gasteiger partial charge on any atom is 0.311 e. The maximum atomic E-state index is 11.2. The van der Waals surface area contributed by atoms with Crippen molar-refractivity contribution in [3.05, 3.63) is 29.8 Å². The van der Waals surface area contributed by atoms with Crippen LogP contribution in [0.3, 0.4) is 0 Å². The summed E-state index contributed by atoms with van der Waals surface area (Å²) in [6.07, 6.45) is 2.69. The predicted octanol–water partition coefficient (Wildman–Crippen LogP) is 3.19. The molecule has 0 saturated heterocycles. The molecule has 104 valence electrons. The minimum atomic E-state index is -0.657. The van der Waals surface area contributed by atoms with Crippen molar-refractivity contribution in [1.29, 1.82) is 0 Å². The van der Waals surface area contributed by atoms with E-state index < -0.39 is 11.4 Å². The highest BCUT2D eigenvalue weighted by molar-refractivity contribution is 5.78. The molecule has 0 heterocycles. The highest BCUT2D eigenvalue weighted by Crippen LogP contribution is 2.46. The maximum absolute atomic E-state index is 11.2. The molecule has 1 fully saturated rings. The molecule has 0 atom stereocenters. The summed E-state index contributed by atoms with van der Waals surface area (Å²) in [6.45, 7) is 5.03. The van der Waals surface area contributed by atoms with E-state index in [2.05, 4.69) is 43.0 Å². The molecule has 0 aromatic heterocycles. The molecule has 3 nitrogen and oxygen atoms in total. The Kier molecular flexibility index (Phi) is 3.83. The monoisotopic (exact) mass is 261 g/mol. The van der Waals surface area contributed by atoms with E-state index in [1.165, 1.54) is 5.56 Å². The summed E-state index contributed by atoms with van der Waals surface area (Å²) in [6, 6.07) is 8.48. The average Bonchev–Trinajstić information content (AvgIpc) is 3.10. The zero-order valence-corrected chi connectivity index (χ0v) is 12.0. The van der Waals surface area contributed by atoms with Gasteiger partial charge in [-0.15, -0.1) is 0 Å². The second-order valence-corrected chi connectivity index (χ2v) is 6.21. The second kappa shape index (κ2) is 5.24. The number of hydrogen-bond donors (Lipinski definition) is 1. The Morgan fingerprint density at radius 1 is 1.32 bits per heavy atom. The Bertz CT molecular complexity index is 446. The van der Waals surface area contributed by atoms with Crippen molar-refractivity contribution in [2.75, 3.05) is 18.5 Å². The molecule has 0 amide bonds. The van der Waals surface area contributed by atoms with Crippen molar-refractivity contribution in [1.82, 2.24) is 0 Å². The topological polar surface area (TPSA) is 40.5 Å². The Hall–Kier alpha value is -1.51. The molecule has 1 aliphatic carbocycles. The lowest BCUT2D eigenvalue weighted by molar-refractivity contribution is -0.142. The standard InChI is InChI=1S/C16H23NO2/c1-12(2)10-13-4-6-14(7-5-13)17(3)11-16(8-9-16)15(18)19/h4-7,12H,8-11H2,1-3H3,(H,18,19). The van der Waals surface area contributed by atoms with Gasteiger partial charge in [-0.25, -0.2) is 0 Å². The molecule has 0 radical (unpaired) electrons. The first-order valence-electron chi connectivity index (χ1n) is 6.96. The largest absolute Gasteiger partial charge is 0.481 e. The average molecular weight is 261 g/mol. The third-order valence-corrected chi connectivity index (χ3v) is 3.87. The molecular weight excluding hydrogens is 238 g/mol. The highest BCUT2D eigenvalue weighted by atomic mass is 16.4. The zero-order chi connectivity index (χ0) is 14.0. The number of nitrogens with zero attached hydrogens (tertiary/aromatic N) is 1. The molecule has 1 aromatic carbocycles. The van der Waals surface area contributed by atoms with Crippen LogP contribution in [-0.2, 0) is 11.2 Å². The van der Waals surface area contributed by atoms with Gasteiger partial charge in [-0.2, -0.15) is 0 Å². The molecule has 19 heavy (non-hydrogen) atoms. The van der Waals surface area contributed by atoms with Crippen LogP contribution < -0.4 is 4.90 Å². The zero-order valence-electron chi connectivity index (χ0n) is 12.0. The minimum absolute atomic E-state index is 0.495. The first kappa shape index (κ1) is 13.9. The minimum Gasteiger partial charge on any atom is -0.481 e. The Morgan fingerprint density at radius 3 is 2.32 bits per heavy atom. The first-order chi connectivity index (χ1) is 8.93. The molecule has 1 N–H and O–H groups in total. The summed E-state index contributed by atoms with van der Waals surface area (Å²) in [5, 5.41) is 9.22. The van der Waals surface area contributed by atoms with Gasteiger partial charge in [0.1, 0.15) is 0 Å². The number of aliphatic carboxylic acids is 1. The van der Waals surface area contributed by atoms with Gasteiger partial charge in [0.25, 0.3) is 0 Å². The summed E-state index contributed by atoms with van der Waals surface area (Å²) in [5.74, 6) is 0.00102. The van der Waals surface area contributed by atoms with Crippen molar-refractivity contribution in [3.8, 4) is 0 Å². The second-order valence-electron chi connectivity index (χ2n) is 6.21. The van der Waals surface area contributed by atoms with E-state index in [0.717, 1.165) is 24.9 Å². The fourth-order valence-electron chi connectivity index (χ4n) is 2.49. The van der Waals surface area contributed by atoms with Gasteiger partial charge >= 0.3 is 5.97 Å². The predicted molar refractivity (Wildman–Crippen MR) is 77.6 cm³/mol. The number of carboxylic acids is 1. The molecular formula is C16H23NO2. The van der Waals surface area contributed by atoms with Crippen molar-refractivity contribution in [3.63, 3.8) is 0 Å². The smallest absolute Gasteiger partial charge is 0.311 e.